The average Bonchev–Trinajstić information content (AvgIpc) is 1.94. The Balaban J connectivity index is 3.17. The number of benzene rings is 1. The SMILES string of the molecule is Cc1cccc([S+](O)O)c1C. The highest BCUT2D eigenvalue weighted by molar-refractivity contribution is 7.86. The van der Waals surface area contributed by atoms with Crippen LogP contribution in [0.3, 0.4) is 0 Å². The molecular weight excluding hydrogens is 160 g/mol. The minimum Gasteiger partial charge on any atom is -0.150 e. The van der Waals surface area contributed by atoms with Crippen molar-refractivity contribution in [1.82, 2.24) is 0 Å². The summed E-state index contributed by atoms with van der Waals surface area (Å²) in [6, 6.07) is 5.50. The Hall–Kier alpha value is -0.510. The highest BCUT2D eigenvalue weighted by Gasteiger charge is 2.19. The van der Waals surface area contributed by atoms with E-state index in [1.54, 1.807) is 6.07 Å². The Bertz CT molecular complexity index is 258. The van der Waals surface area contributed by atoms with Crippen LogP contribution in [0.15, 0.2) is 23.1 Å². The fraction of sp³-hybridized carbons (Fsp3) is 0.250. The molecule has 0 saturated carbocycles. The van der Waals surface area contributed by atoms with Gasteiger partial charge in [-0.05, 0) is 19.4 Å². The fourth-order valence-corrected chi connectivity index (χ4v) is 1.56. The van der Waals surface area contributed by atoms with Gasteiger partial charge >= 0.3 is 11.5 Å². The van der Waals surface area contributed by atoms with E-state index in [4.69, 9.17) is 9.11 Å². The summed E-state index contributed by atoms with van der Waals surface area (Å²) in [7, 11) is 0. The topological polar surface area (TPSA) is 40.5 Å². The van der Waals surface area contributed by atoms with E-state index in [1.807, 2.05) is 26.0 Å². The normalized spacial score (nSPS) is 10.6. The van der Waals surface area contributed by atoms with Crippen molar-refractivity contribution in [2.45, 2.75) is 18.7 Å². The van der Waals surface area contributed by atoms with E-state index in [9.17, 15) is 0 Å². The van der Waals surface area contributed by atoms with Crippen LogP contribution in [0.2, 0.25) is 0 Å². The lowest BCUT2D eigenvalue weighted by Gasteiger charge is -1.98. The standard InChI is InChI=1S/C8H11O2S/c1-6-4-3-5-8(7(6)2)11(9)10/h3-5,9-10H,1-2H3/q+1. The van der Waals surface area contributed by atoms with Crippen LogP contribution < -0.4 is 0 Å². The van der Waals surface area contributed by atoms with Crippen molar-refractivity contribution in [2.75, 3.05) is 0 Å². The molecule has 0 spiro atoms. The van der Waals surface area contributed by atoms with Gasteiger partial charge in [0.25, 0.3) is 0 Å². The first-order valence-corrected chi connectivity index (χ1v) is 4.45. The van der Waals surface area contributed by atoms with E-state index in [0.29, 0.717) is 4.90 Å². The van der Waals surface area contributed by atoms with Crippen LogP contribution in [0.25, 0.3) is 0 Å². The molecule has 0 amide bonds. The second-order valence-corrected chi connectivity index (χ2v) is 3.43. The molecule has 0 aliphatic rings. The molecule has 0 heterocycles. The Kier molecular flexibility index (Phi) is 2.54. The van der Waals surface area contributed by atoms with E-state index in [0.717, 1.165) is 11.1 Å². The van der Waals surface area contributed by atoms with Crippen LogP contribution >= 0.6 is 0 Å². The molecule has 0 fully saturated rings. The van der Waals surface area contributed by atoms with E-state index in [2.05, 4.69) is 0 Å². The molecule has 2 nitrogen and oxygen atoms in total. The maximum Gasteiger partial charge on any atom is 0.351 e. The molecule has 3 heteroatoms. The molecule has 1 aromatic carbocycles. The van der Waals surface area contributed by atoms with Crippen molar-refractivity contribution in [2.24, 2.45) is 0 Å². The summed E-state index contributed by atoms with van der Waals surface area (Å²) in [5.41, 5.74) is 2.05. The van der Waals surface area contributed by atoms with Crippen molar-refractivity contribution in [1.29, 1.82) is 0 Å². The molecule has 0 atom stereocenters. The lowest BCUT2D eigenvalue weighted by atomic mass is 10.1. The third-order valence-electron chi connectivity index (χ3n) is 1.75. The van der Waals surface area contributed by atoms with Gasteiger partial charge in [-0.2, -0.15) is 9.11 Å². The second-order valence-electron chi connectivity index (χ2n) is 2.46. The highest BCUT2D eigenvalue weighted by atomic mass is 32.2. The molecule has 0 radical (unpaired) electrons. The smallest absolute Gasteiger partial charge is 0.150 e. The highest BCUT2D eigenvalue weighted by Crippen LogP contribution is 2.17. The summed E-state index contributed by atoms with van der Waals surface area (Å²) in [5, 5.41) is 0. The van der Waals surface area contributed by atoms with E-state index < -0.39 is 11.5 Å². The quantitative estimate of drug-likeness (QED) is 0.636. The van der Waals surface area contributed by atoms with E-state index >= 15 is 0 Å². The van der Waals surface area contributed by atoms with Crippen molar-refractivity contribution in [3.8, 4) is 0 Å². The van der Waals surface area contributed by atoms with Crippen molar-refractivity contribution >= 4 is 11.5 Å². The molecule has 0 saturated heterocycles. The van der Waals surface area contributed by atoms with Gasteiger partial charge in [-0.1, -0.05) is 12.1 Å². The molecule has 1 aromatic rings. The summed E-state index contributed by atoms with van der Waals surface area (Å²) < 4.78 is 17.8. The second kappa shape index (κ2) is 3.26. The Labute approximate surface area is 69.3 Å². The van der Waals surface area contributed by atoms with Crippen LogP contribution in [0.5, 0.6) is 0 Å². The summed E-state index contributed by atoms with van der Waals surface area (Å²) in [5.74, 6) is 0. The Morgan fingerprint density at radius 1 is 1.18 bits per heavy atom. The van der Waals surface area contributed by atoms with Gasteiger partial charge in [0.05, 0.1) is 0 Å². The monoisotopic (exact) mass is 171 g/mol. The van der Waals surface area contributed by atoms with Gasteiger partial charge in [0.1, 0.15) is 0 Å². The number of aryl methyl sites for hydroxylation is 1. The van der Waals surface area contributed by atoms with Gasteiger partial charge in [-0.15, -0.1) is 0 Å². The molecular formula is C8H11O2S+. The van der Waals surface area contributed by atoms with Gasteiger partial charge in [-0.3, -0.25) is 0 Å². The molecule has 1 rings (SSSR count). The number of hydrogen-bond acceptors (Lipinski definition) is 2. The first-order valence-electron chi connectivity index (χ1n) is 3.31. The molecule has 2 N–H and O–H groups in total. The van der Waals surface area contributed by atoms with E-state index in [-0.39, 0.29) is 0 Å². The zero-order valence-corrected chi connectivity index (χ0v) is 7.35. The minimum atomic E-state index is -1.60. The van der Waals surface area contributed by atoms with Crippen molar-refractivity contribution < 1.29 is 9.11 Å². The maximum absolute atomic E-state index is 8.91. The van der Waals surface area contributed by atoms with Gasteiger partial charge < -0.3 is 0 Å². The lowest BCUT2D eigenvalue weighted by molar-refractivity contribution is 0.504. The molecule has 0 aliphatic carbocycles. The van der Waals surface area contributed by atoms with Crippen LogP contribution in [0.4, 0.5) is 0 Å². The Morgan fingerprint density at radius 2 is 1.82 bits per heavy atom. The van der Waals surface area contributed by atoms with Crippen LogP contribution in [-0.4, -0.2) is 9.11 Å². The van der Waals surface area contributed by atoms with Crippen molar-refractivity contribution in [3.63, 3.8) is 0 Å². The summed E-state index contributed by atoms with van der Waals surface area (Å²) in [6.07, 6.45) is 0. The average molecular weight is 171 g/mol. The largest absolute Gasteiger partial charge is 0.351 e. The van der Waals surface area contributed by atoms with Gasteiger partial charge in [0.2, 0.25) is 4.90 Å². The molecule has 60 valence electrons. The predicted molar refractivity (Wildman–Crippen MR) is 46.8 cm³/mol. The predicted octanol–water partition coefficient (Wildman–Crippen LogP) is 2.23. The molecule has 0 bridgehead atoms. The molecule has 0 aliphatic heterocycles. The third-order valence-corrected chi connectivity index (χ3v) is 2.59. The van der Waals surface area contributed by atoms with Crippen LogP contribution in [0, 0.1) is 13.8 Å². The number of hydrogen-bond donors (Lipinski definition) is 2. The molecule has 0 aromatic heterocycles. The zero-order valence-electron chi connectivity index (χ0n) is 6.53. The summed E-state index contributed by atoms with van der Waals surface area (Å²) in [4.78, 5) is 0.616. The Morgan fingerprint density at radius 3 is 2.27 bits per heavy atom. The summed E-state index contributed by atoms with van der Waals surface area (Å²) >= 11 is -1.60. The van der Waals surface area contributed by atoms with E-state index in [1.165, 1.54) is 0 Å². The molecule has 0 unspecified atom stereocenters. The van der Waals surface area contributed by atoms with Gasteiger partial charge in [0, 0.05) is 11.6 Å². The van der Waals surface area contributed by atoms with Gasteiger partial charge in [0.15, 0.2) is 0 Å². The minimum absolute atomic E-state index is 0.616. The van der Waals surface area contributed by atoms with Gasteiger partial charge in [-0.25, -0.2) is 0 Å². The third kappa shape index (κ3) is 1.74. The van der Waals surface area contributed by atoms with Crippen LogP contribution in [-0.2, 0) is 11.5 Å². The summed E-state index contributed by atoms with van der Waals surface area (Å²) in [6.45, 7) is 3.84. The lowest BCUT2D eigenvalue weighted by Crippen LogP contribution is -2.01. The molecule has 11 heavy (non-hydrogen) atoms. The first-order chi connectivity index (χ1) is 5.13. The first kappa shape index (κ1) is 8.59. The number of rotatable bonds is 1. The fourth-order valence-electron chi connectivity index (χ4n) is 0.922. The van der Waals surface area contributed by atoms with Crippen LogP contribution in [0.1, 0.15) is 11.1 Å². The maximum atomic E-state index is 8.91. The van der Waals surface area contributed by atoms with Crippen molar-refractivity contribution in [3.05, 3.63) is 29.3 Å². The zero-order chi connectivity index (χ0) is 8.43.